The third-order valence-electron chi connectivity index (χ3n) is 1.55. The molecular weight excluding hydrogens is 228 g/mol. The van der Waals surface area contributed by atoms with E-state index in [2.05, 4.69) is 11.3 Å². The molecule has 0 aromatic heterocycles. The standard InChI is InChI=1S/C8H13ClO4S/c1-3-4-5-14(11,12)7(2)6-13-8(9)10/h2-6H2,1H3. The van der Waals surface area contributed by atoms with E-state index in [1.165, 1.54) is 0 Å². The van der Waals surface area contributed by atoms with E-state index in [0.29, 0.717) is 6.42 Å². The summed E-state index contributed by atoms with van der Waals surface area (Å²) >= 11 is 4.88. The highest BCUT2D eigenvalue weighted by Gasteiger charge is 2.16. The van der Waals surface area contributed by atoms with Gasteiger partial charge in [-0.3, -0.25) is 0 Å². The van der Waals surface area contributed by atoms with Gasteiger partial charge in [0.25, 0.3) is 0 Å². The molecule has 0 saturated heterocycles. The molecule has 0 N–H and O–H groups in total. The van der Waals surface area contributed by atoms with Crippen LogP contribution in [0.4, 0.5) is 4.79 Å². The molecule has 0 radical (unpaired) electrons. The number of hydrogen-bond acceptors (Lipinski definition) is 4. The fourth-order valence-electron chi connectivity index (χ4n) is 0.706. The predicted molar refractivity (Wildman–Crippen MR) is 55.0 cm³/mol. The molecule has 0 aliphatic carbocycles. The quantitative estimate of drug-likeness (QED) is 0.667. The molecule has 0 aliphatic rings. The Labute approximate surface area is 88.8 Å². The summed E-state index contributed by atoms with van der Waals surface area (Å²) in [5, 5.41) is 0. The Morgan fingerprint density at radius 1 is 1.50 bits per heavy atom. The molecule has 0 aromatic carbocycles. The van der Waals surface area contributed by atoms with Crippen LogP contribution in [0.25, 0.3) is 0 Å². The van der Waals surface area contributed by atoms with Crippen LogP contribution in [0.5, 0.6) is 0 Å². The lowest BCUT2D eigenvalue weighted by Crippen LogP contribution is -2.13. The summed E-state index contributed by atoms with van der Waals surface area (Å²) in [7, 11) is -3.35. The monoisotopic (exact) mass is 240 g/mol. The molecule has 0 heterocycles. The lowest BCUT2D eigenvalue weighted by Gasteiger charge is -2.05. The van der Waals surface area contributed by atoms with E-state index in [0.717, 1.165) is 6.42 Å². The maximum Gasteiger partial charge on any atom is 0.404 e. The highest BCUT2D eigenvalue weighted by Crippen LogP contribution is 2.08. The van der Waals surface area contributed by atoms with Crippen molar-refractivity contribution in [3.63, 3.8) is 0 Å². The molecule has 0 aliphatic heterocycles. The topological polar surface area (TPSA) is 60.4 Å². The van der Waals surface area contributed by atoms with Crippen LogP contribution in [0.2, 0.25) is 0 Å². The van der Waals surface area contributed by atoms with E-state index in [4.69, 9.17) is 11.6 Å². The van der Waals surface area contributed by atoms with Crippen molar-refractivity contribution >= 4 is 26.9 Å². The van der Waals surface area contributed by atoms with Gasteiger partial charge in [-0.15, -0.1) is 0 Å². The van der Waals surface area contributed by atoms with Crippen molar-refractivity contribution in [3.05, 3.63) is 11.5 Å². The van der Waals surface area contributed by atoms with Crippen LogP contribution in [0.1, 0.15) is 19.8 Å². The van der Waals surface area contributed by atoms with Gasteiger partial charge >= 0.3 is 5.43 Å². The summed E-state index contributed by atoms with van der Waals surface area (Å²) in [5.74, 6) is 0.0299. The molecule has 6 heteroatoms. The average molecular weight is 241 g/mol. The first-order valence-corrected chi connectivity index (χ1v) is 6.16. The minimum Gasteiger partial charge on any atom is -0.448 e. The first kappa shape index (κ1) is 13.4. The van der Waals surface area contributed by atoms with Crippen molar-refractivity contribution < 1.29 is 17.9 Å². The Morgan fingerprint density at radius 2 is 2.07 bits per heavy atom. The Balaban J connectivity index is 4.16. The molecule has 0 spiro atoms. The number of unbranched alkanes of at least 4 members (excludes halogenated alkanes) is 1. The molecule has 0 aromatic rings. The number of ether oxygens (including phenoxy) is 1. The minimum atomic E-state index is -3.35. The van der Waals surface area contributed by atoms with Gasteiger partial charge in [0.1, 0.15) is 6.61 Å². The molecule has 82 valence electrons. The third-order valence-corrected chi connectivity index (χ3v) is 3.49. The molecule has 0 fully saturated rings. The first-order chi connectivity index (χ1) is 6.40. The van der Waals surface area contributed by atoms with Gasteiger partial charge in [0.2, 0.25) is 0 Å². The Bertz CT molecular complexity index is 307. The number of rotatable bonds is 6. The van der Waals surface area contributed by atoms with E-state index in [-0.39, 0.29) is 17.3 Å². The van der Waals surface area contributed by atoms with Crippen LogP contribution < -0.4 is 0 Å². The molecule has 0 atom stereocenters. The number of sulfone groups is 1. The summed E-state index contributed by atoms with van der Waals surface area (Å²) in [6, 6.07) is 0. The van der Waals surface area contributed by atoms with Gasteiger partial charge in [-0.05, 0) is 6.42 Å². The van der Waals surface area contributed by atoms with Crippen molar-refractivity contribution in [1.82, 2.24) is 0 Å². The second-order valence-electron chi connectivity index (χ2n) is 2.74. The number of carbonyl (C=O) groups excluding carboxylic acids is 1. The van der Waals surface area contributed by atoms with Gasteiger partial charge in [0.15, 0.2) is 9.84 Å². The zero-order chi connectivity index (χ0) is 11.2. The highest BCUT2D eigenvalue weighted by atomic mass is 35.5. The maximum atomic E-state index is 11.4. The highest BCUT2D eigenvalue weighted by molar-refractivity contribution is 7.95. The van der Waals surface area contributed by atoms with E-state index >= 15 is 0 Å². The minimum absolute atomic E-state index is 0.0299. The number of halogens is 1. The molecule has 14 heavy (non-hydrogen) atoms. The summed E-state index contributed by atoms with van der Waals surface area (Å²) in [4.78, 5) is 10.1. The van der Waals surface area contributed by atoms with E-state index in [9.17, 15) is 13.2 Å². The van der Waals surface area contributed by atoms with Gasteiger partial charge in [-0.2, -0.15) is 0 Å². The summed E-state index contributed by atoms with van der Waals surface area (Å²) < 4.78 is 27.1. The lowest BCUT2D eigenvalue weighted by molar-refractivity contribution is 0.185. The zero-order valence-corrected chi connectivity index (χ0v) is 9.53. The van der Waals surface area contributed by atoms with Gasteiger partial charge in [-0.1, -0.05) is 19.9 Å². The Morgan fingerprint density at radius 3 is 2.50 bits per heavy atom. The van der Waals surface area contributed by atoms with Crippen LogP contribution in [-0.2, 0) is 14.6 Å². The molecule has 0 unspecified atom stereocenters. The van der Waals surface area contributed by atoms with Gasteiger partial charge in [0, 0.05) is 11.6 Å². The fraction of sp³-hybridized carbons (Fsp3) is 0.625. The van der Waals surface area contributed by atoms with Crippen molar-refractivity contribution in [2.24, 2.45) is 0 Å². The van der Waals surface area contributed by atoms with E-state index < -0.39 is 15.3 Å². The Hall–Kier alpha value is -0.550. The van der Waals surface area contributed by atoms with E-state index in [1.807, 2.05) is 6.92 Å². The van der Waals surface area contributed by atoms with Crippen LogP contribution in [-0.4, -0.2) is 26.2 Å². The van der Waals surface area contributed by atoms with E-state index in [1.54, 1.807) is 0 Å². The SMILES string of the molecule is C=C(COC(=O)Cl)S(=O)(=O)CCCC. The van der Waals surface area contributed by atoms with Gasteiger partial charge < -0.3 is 4.74 Å². The zero-order valence-electron chi connectivity index (χ0n) is 7.95. The first-order valence-electron chi connectivity index (χ1n) is 4.13. The van der Waals surface area contributed by atoms with Gasteiger partial charge in [0.05, 0.1) is 10.7 Å². The molecule has 0 amide bonds. The lowest BCUT2D eigenvalue weighted by atomic mass is 10.4. The largest absolute Gasteiger partial charge is 0.448 e. The van der Waals surface area contributed by atoms with Gasteiger partial charge in [-0.25, -0.2) is 13.2 Å². The molecular formula is C8H13ClO4S. The number of carbonyl (C=O) groups is 1. The van der Waals surface area contributed by atoms with Crippen molar-refractivity contribution in [3.8, 4) is 0 Å². The molecule has 0 bridgehead atoms. The van der Waals surface area contributed by atoms with Crippen LogP contribution >= 0.6 is 11.6 Å². The van der Waals surface area contributed by atoms with Crippen molar-refractivity contribution in [1.29, 1.82) is 0 Å². The molecule has 4 nitrogen and oxygen atoms in total. The smallest absolute Gasteiger partial charge is 0.404 e. The average Bonchev–Trinajstić information content (AvgIpc) is 2.10. The number of hydrogen-bond donors (Lipinski definition) is 0. The Kier molecular flexibility index (Phi) is 5.79. The van der Waals surface area contributed by atoms with Crippen LogP contribution in [0.15, 0.2) is 11.5 Å². The molecule has 0 saturated carbocycles. The van der Waals surface area contributed by atoms with Crippen LogP contribution in [0, 0.1) is 0 Å². The normalized spacial score (nSPS) is 11.0. The summed E-state index contributed by atoms with van der Waals surface area (Å²) in [5.41, 5.74) is -1.03. The second-order valence-corrected chi connectivity index (χ2v) is 5.26. The second kappa shape index (κ2) is 6.03. The predicted octanol–water partition coefficient (Wildman–Crippen LogP) is 2.09. The van der Waals surface area contributed by atoms with Crippen LogP contribution in [0.3, 0.4) is 0 Å². The van der Waals surface area contributed by atoms with Crippen molar-refractivity contribution in [2.75, 3.05) is 12.4 Å². The van der Waals surface area contributed by atoms with Crippen molar-refractivity contribution in [2.45, 2.75) is 19.8 Å². The maximum absolute atomic E-state index is 11.4. The summed E-state index contributed by atoms with van der Waals surface area (Å²) in [6.45, 7) is 4.85. The fourth-order valence-corrected chi connectivity index (χ4v) is 1.96. The molecule has 0 rings (SSSR count). The third kappa shape index (κ3) is 5.24. The summed E-state index contributed by atoms with van der Waals surface area (Å²) in [6.07, 6.45) is 1.35.